The number of aliphatic hydroxyl groups is 1. The number of carbonyl (C=O) groups excluding carboxylic acids is 1. The third kappa shape index (κ3) is 3.85. The molecule has 1 atom stereocenters. The van der Waals surface area contributed by atoms with Crippen LogP contribution >= 0.6 is 0 Å². The normalized spacial score (nSPS) is 12.7. The highest BCUT2D eigenvalue weighted by atomic mass is 16.3. The van der Waals surface area contributed by atoms with Gasteiger partial charge in [-0.15, -0.1) is 0 Å². The van der Waals surface area contributed by atoms with Crippen LogP contribution in [0.5, 0.6) is 0 Å². The smallest absolute Gasteiger partial charge is 0.164 e. The highest BCUT2D eigenvalue weighted by Crippen LogP contribution is 2.23. The molecule has 0 bridgehead atoms. The molecule has 3 aromatic rings. The van der Waals surface area contributed by atoms with Crippen LogP contribution in [0.4, 0.5) is 0 Å². The van der Waals surface area contributed by atoms with E-state index in [1.807, 2.05) is 18.2 Å². The highest BCUT2D eigenvalue weighted by molar-refractivity contribution is 6.51. The molecule has 27 heavy (non-hydrogen) atoms. The van der Waals surface area contributed by atoms with Gasteiger partial charge in [0.15, 0.2) is 12.9 Å². The van der Waals surface area contributed by atoms with Crippen molar-refractivity contribution in [2.45, 2.75) is 26.0 Å². The lowest BCUT2D eigenvalue weighted by Gasteiger charge is -2.17. The largest absolute Gasteiger partial charge is 0.383 e. The molecule has 1 unspecified atom stereocenters. The Morgan fingerprint density at radius 1 is 1.48 bits per heavy atom. The summed E-state index contributed by atoms with van der Waals surface area (Å²) in [6, 6.07) is 9.81. The van der Waals surface area contributed by atoms with Crippen molar-refractivity contribution in [1.82, 2.24) is 20.1 Å². The quantitative estimate of drug-likeness (QED) is 0.261. The minimum absolute atomic E-state index is 0.162. The number of hydrogen-bond donors (Lipinski definition) is 4. The Kier molecular flexibility index (Phi) is 5.88. The zero-order chi connectivity index (χ0) is 19.2. The molecule has 0 spiro atoms. The van der Waals surface area contributed by atoms with E-state index in [4.69, 9.17) is 5.41 Å². The van der Waals surface area contributed by atoms with Crippen LogP contribution in [-0.4, -0.2) is 39.7 Å². The third-order valence-corrected chi connectivity index (χ3v) is 4.61. The van der Waals surface area contributed by atoms with Crippen LogP contribution < -0.4 is 10.8 Å². The molecule has 2 heterocycles. The molecule has 7 nitrogen and oxygen atoms in total. The van der Waals surface area contributed by atoms with E-state index < -0.39 is 0 Å². The molecule has 3 rings (SSSR count). The van der Waals surface area contributed by atoms with E-state index in [0.29, 0.717) is 23.3 Å². The Morgan fingerprint density at radius 2 is 2.33 bits per heavy atom. The van der Waals surface area contributed by atoms with Gasteiger partial charge in [-0.3, -0.25) is 5.10 Å². The lowest BCUT2D eigenvalue weighted by molar-refractivity contribution is -0.108. The maximum atomic E-state index is 11.1. The van der Waals surface area contributed by atoms with Crippen LogP contribution in [0.2, 0.25) is 6.82 Å². The van der Waals surface area contributed by atoms with Crippen molar-refractivity contribution < 1.29 is 9.90 Å². The summed E-state index contributed by atoms with van der Waals surface area (Å²) in [6.07, 6.45) is 5.92. The van der Waals surface area contributed by atoms with Gasteiger partial charge in [-0.05, 0) is 11.6 Å². The fourth-order valence-electron chi connectivity index (χ4n) is 3.09. The number of nitrogens with one attached hydrogen (secondary N) is 3. The molecule has 0 saturated carbocycles. The zero-order valence-electron chi connectivity index (χ0n) is 15.1. The molecule has 0 aliphatic rings. The summed E-state index contributed by atoms with van der Waals surface area (Å²) in [4.78, 5) is 11.1. The number of carbonyl (C=O) groups is 1. The number of H-pyrrole nitrogens is 1. The Balaban J connectivity index is 1.90. The number of aliphatic hydroxyl groups excluding tert-OH is 1. The number of allylic oxidation sites excluding steroid dienone is 1. The molecule has 0 saturated heterocycles. The summed E-state index contributed by atoms with van der Waals surface area (Å²) >= 11 is 0. The number of fused-ring (bicyclic) bond motifs is 1. The monoisotopic (exact) mass is 363 g/mol. The molecule has 138 valence electrons. The molecular weight excluding hydrogens is 341 g/mol. The molecular formula is C19H22BN5O2. The lowest BCUT2D eigenvalue weighted by atomic mass is 9.72. The predicted octanol–water partition coefficient (Wildman–Crippen LogP) is 1.33. The van der Waals surface area contributed by atoms with Gasteiger partial charge >= 0.3 is 0 Å². The van der Waals surface area contributed by atoms with Gasteiger partial charge in [0.2, 0.25) is 0 Å². The average molecular weight is 363 g/mol. The minimum atomic E-state index is -0.176. The summed E-state index contributed by atoms with van der Waals surface area (Å²) in [5.41, 5.74) is 4.16. The molecule has 0 amide bonds. The Labute approximate surface area is 157 Å². The topological polar surface area (TPSA) is 107 Å². The number of aromatic amines is 1. The minimum Gasteiger partial charge on any atom is -0.383 e. The molecule has 4 N–H and O–H groups in total. The van der Waals surface area contributed by atoms with Gasteiger partial charge in [-0.25, -0.2) is 0 Å². The summed E-state index contributed by atoms with van der Waals surface area (Å²) in [5, 5.41) is 28.3. The second-order valence-electron chi connectivity index (χ2n) is 6.23. The molecule has 0 aliphatic heterocycles. The van der Waals surface area contributed by atoms with Gasteiger partial charge in [0.05, 0.1) is 11.7 Å². The molecule has 8 heteroatoms. The first-order valence-electron chi connectivity index (χ1n) is 8.85. The first-order chi connectivity index (χ1) is 13.2. The van der Waals surface area contributed by atoms with Crippen LogP contribution in [0, 0.1) is 5.41 Å². The van der Waals surface area contributed by atoms with Gasteiger partial charge in [-0.2, -0.15) is 5.10 Å². The summed E-state index contributed by atoms with van der Waals surface area (Å²) < 4.78 is 1.61. The van der Waals surface area contributed by atoms with E-state index in [-0.39, 0.29) is 12.8 Å². The van der Waals surface area contributed by atoms with Crippen molar-refractivity contribution in [3.63, 3.8) is 0 Å². The number of hydrogen-bond acceptors (Lipinski definition) is 5. The van der Waals surface area contributed by atoms with Gasteiger partial charge in [0.25, 0.3) is 0 Å². The van der Waals surface area contributed by atoms with Gasteiger partial charge in [0.1, 0.15) is 13.0 Å². The number of nitrogens with zero attached hydrogens (tertiary/aromatic N) is 2. The van der Waals surface area contributed by atoms with Crippen LogP contribution in [0.15, 0.2) is 42.7 Å². The van der Waals surface area contributed by atoms with E-state index in [2.05, 4.69) is 34.5 Å². The van der Waals surface area contributed by atoms with E-state index in [1.165, 1.54) is 11.7 Å². The highest BCUT2D eigenvalue weighted by Gasteiger charge is 2.14. The number of benzene rings is 1. The predicted molar refractivity (Wildman–Crippen MR) is 109 cm³/mol. The Bertz CT molecular complexity index is 976. The van der Waals surface area contributed by atoms with Crippen molar-refractivity contribution >= 4 is 41.8 Å². The zero-order valence-corrected chi connectivity index (χ0v) is 15.1. The van der Waals surface area contributed by atoms with Crippen LogP contribution in [-0.2, 0) is 11.5 Å². The third-order valence-electron chi connectivity index (χ3n) is 4.61. The average Bonchev–Trinajstić information content (AvgIpc) is 3.30. The standard InChI is InChI=1S/C19H22BN5O2/c1-20-15-4-2-3-13(9-15)17(6-8-26)22-11-14(10-21)18-16-5-7-25(12-27)19(16)24-23-18/h2-5,7-11,17,20-22,27H,6,12H2,1H3,(H,23,24)/b14-11+,21-10?. The summed E-state index contributed by atoms with van der Waals surface area (Å²) in [6.45, 7) is 1.93. The van der Waals surface area contributed by atoms with Crippen LogP contribution in [0.25, 0.3) is 16.6 Å². The first kappa shape index (κ1) is 18.7. The van der Waals surface area contributed by atoms with Crippen LogP contribution in [0.3, 0.4) is 0 Å². The van der Waals surface area contributed by atoms with E-state index >= 15 is 0 Å². The fraction of sp³-hybridized carbons (Fsp3) is 0.211. The van der Waals surface area contributed by atoms with Gasteiger partial charge < -0.3 is 25.2 Å². The van der Waals surface area contributed by atoms with Gasteiger partial charge in [0, 0.05) is 36.0 Å². The number of rotatable bonds is 9. The van der Waals surface area contributed by atoms with Crippen LogP contribution in [0.1, 0.15) is 23.7 Å². The summed E-state index contributed by atoms with van der Waals surface area (Å²) in [5.74, 6) is 0. The molecule has 2 aromatic heterocycles. The van der Waals surface area contributed by atoms with Crippen molar-refractivity contribution in [2.24, 2.45) is 0 Å². The lowest BCUT2D eigenvalue weighted by Crippen LogP contribution is -2.20. The Hall–Kier alpha value is -3.13. The maximum absolute atomic E-state index is 11.1. The number of aromatic nitrogens is 3. The van der Waals surface area contributed by atoms with E-state index in [9.17, 15) is 9.90 Å². The summed E-state index contributed by atoms with van der Waals surface area (Å²) in [7, 11) is 0.928. The van der Waals surface area contributed by atoms with E-state index in [1.54, 1.807) is 17.0 Å². The number of aldehydes is 1. The van der Waals surface area contributed by atoms with E-state index in [0.717, 1.165) is 24.5 Å². The van der Waals surface area contributed by atoms with Crippen molar-refractivity contribution in [1.29, 1.82) is 5.41 Å². The second-order valence-corrected chi connectivity index (χ2v) is 6.23. The van der Waals surface area contributed by atoms with Crippen molar-refractivity contribution in [3.05, 3.63) is 54.0 Å². The molecule has 0 aliphatic carbocycles. The molecule has 1 aromatic carbocycles. The fourth-order valence-corrected chi connectivity index (χ4v) is 3.09. The Morgan fingerprint density at radius 3 is 3.04 bits per heavy atom. The molecule has 0 fully saturated rings. The first-order valence-corrected chi connectivity index (χ1v) is 8.85. The van der Waals surface area contributed by atoms with Crippen molar-refractivity contribution in [2.75, 3.05) is 0 Å². The SMILES string of the molecule is CBc1cccc(C(CC=O)N/C=C(\C=N)c2[nH]nc3c2ccn3CO)c1. The molecule has 0 radical (unpaired) electrons. The van der Waals surface area contributed by atoms with Gasteiger partial charge in [-0.1, -0.05) is 36.6 Å². The van der Waals surface area contributed by atoms with Crippen molar-refractivity contribution in [3.8, 4) is 0 Å². The maximum Gasteiger partial charge on any atom is 0.164 e. The second kappa shape index (κ2) is 8.50.